The highest BCUT2D eigenvalue weighted by Gasteiger charge is 2.16. The molecule has 0 spiro atoms. The topological polar surface area (TPSA) is 101 Å². The molecule has 1 aromatic carbocycles. The van der Waals surface area contributed by atoms with Gasteiger partial charge in [0.1, 0.15) is 0 Å². The van der Waals surface area contributed by atoms with Gasteiger partial charge in [0, 0.05) is 11.3 Å². The van der Waals surface area contributed by atoms with Crippen LogP contribution in [0, 0.1) is 0 Å². The number of hydrogen-bond donors (Lipinski definition) is 2. The molecular weight excluding hydrogens is 366 g/mol. The lowest BCUT2D eigenvalue weighted by atomic mass is 9.97. The van der Waals surface area contributed by atoms with E-state index in [0.717, 1.165) is 36.9 Å². The minimum absolute atomic E-state index is 0.0998. The van der Waals surface area contributed by atoms with Gasteiger partial charge in [-0.2, -0.15) is 0 Å². The second kappa shape index (κ2) is 8.85. The first-order valence-electron chi connectivity index (χ1n) is 8.88. The van der Waals surface area contributed by atoms with E-state index >= 15 is 0 Å². The van der Waals surface area contributed by atoms with Crippen molar-refractivity contribution in [3.8, 4) is 0 Å². The highest BCUT2D eigenvalue weighted by molar-refractivity contribution is 7.99. The SMILES string of the molecule is CCOC(=O)c1ccc(NC(=O)CSc2nc3c(c(=O)[nH]2)CCCC3)cc1. The molecule has 2 N–H and O–H groups in total. The van der Waals surface area contributed by atoms with E-state index in [0.29, 0.717) is 23.0 Å². The van der Waals surface area contributed by atoms with Crippen LogP contribution in [0.5, 0.6) is 0 Å². The zero-order chi connectivity index (χ0) is 19.2. The van der Waals surface area contributed by atoms with E-state index in [-0.39, 0.29) is 17.2 Å². The lowest BCUT2D eigenvalue weighted by Gasteiger charge is -2.14. The van der Waals surface area contributed by atoms with Gasteiger partial charge in [0.15, 0.2) is 5.16 Å². The smallest absolute Gasteiger partial charge is 0.338 e. The average Bonchev–Trinajstić information content (AvgIpc) is 2.67. The highest BCUT2D eigenvalue weighted by atomic mass is 32.2. The molecule has 1 amide bonds. The fourth-order valence-corrected chi connectivity index (χ4v) is 3.56. The average molecular weight is 387 g/mol. The summed E-state index contributed by atoms with van der Waals surface area (Å²) in [4.78, 5) is 43.1. The fraction of sp³-hybridized carbons (Fsp3) is 0.368. The molecule has 3 rings (SSSR count). The van der Waals surface area contributed by atoms with Crippen LogP contribution in [0.1, 0.15) is 41.4 Å². The summed E-state index contributed by atoms with van der Waals surface area (Å²) >= 11 is 1.20. The van der Waals surface area contributed by atoms with E-state index in [4.69, 9.17) is 4.74 Å². The summed E-state index contributed by atoms with van der Waals surface area (Å²) in [5, 5.41) is 3.22. The van der Waals surface area contributed by atoms with Crippen LogP contribution in [0.3, 0.4) is 0 Å². The van der Waals surface area contributed by atoms with E-state index in [2.05, 4.69) is 15.3 Å². The quantitative estimate of drug-likeness (QED) is 0.449. The molecule has 142 valence electrons. The van der Waals surface area contributed by atoms with Crippen molar-refractivity contribution in [2.75, 3.05) is 17.7 Å². The molecule has 1 heterocycles. The van der Waals surface area contributed by atoms with E-state index in [1.54, 1.807) is 31.2 Å². The molecular formula is C19H21N3O4S. The van der Waals surface area contributed by atoms with Crippen LogP contribution >= 0.6 is 11.8 Å². The van der Waals surface area contributed by atoms with Crippen molar-refractivity contribution in [2.45, 2.75) is 37.8 Å². The van der Waals surface area contributed by atoms with Gasteiger partial charge in [0.25, 0.3) is 5.56 Å². The number of benzene rings is 1. The van der Waals surface area contributed by atoms with Crippen LogP contribution in [0.15, 0.2) is 34.2 Å². The molecule has 1 aliphatic rings. The molecule has 0 radical (unpaired) electrons. The number of esters is 1. The van der Waals surface area contributed by atoms with Crippen LogP contribution in [0.25, 0.3) is 0 Å². The third-order valence-corrected chi connectivity index (χ3v) is 5.06. The number of ether oxygens (including phenoxy) is 1. The largest absolute Gasteiger partial charge is 0.462 e. The third kappa shape index (κ3) is 4.97. The van der Waals surface area contributed by atoms with Gasteiger partial charge in [0.05, 0.1) is 23.6 Å². The molecule has 1 aromatic heterocycles. The maximum atomic E-state index is 12.1. The van der Waals surface area contributed by atoms with Gasteiger partial charge in [-0.05, 0) is 56.9 Å². The number of nitrogens with one attached hydrogen (secondary N) is 2. The van der Waals surface area contributed by atoms with Crippen molar-refractivity contribution >= 4 is 29.3 Å². The number of carbonyl (C=O) groups is 2. The Hall–Kier alpha value is -2.61. The molecule has 0 bridgehead atoms. The third-order valence-electron chi connectivity index (χ3n) is 4.19. The van der Waals surface area contributed by atoms with Crippen molar-refractivity contribution in [3.63, 3.8) is 0 Å². The van der Waals surface area contributed by atoms with Gasteiger partial charge in [-0.1, -0.05) is 11.8 Å². The van der Waals surface area contributed by atoms with Gasteiger partial charge in [0.2, 0.25) is 5.91 Å². The maximum absolute atomic E-state index is 12.1. The molecule has 0 saturated heterocycles. The molecule has 2 aromatic rings. The molecule has 0 saturated carbocycles. The van der Waals surface area contributed by atoms with E-state index in [1.807, 2.05) is 0 Å². The van der Waals surface area contributed by atoms with E-state index in [9.17, 15) is 14.4 Å². The Balaban J connectivity index is 1.56. The van der Waals surface area contributed by atoms with Crippen LogP contribution < -0.4 is 10.9 Å². The number of aromatic amines is 1. The number of amides is 1. The zero-order valence-electron chi connectivity index (χ0n) is 15.0. The molecule has 0 fully saturated rings. The predicted molar refractivity (Wildman–Crippen MR) is 103 cm³/mol. The summed E-state index contributed by atoms with van der Waals surface area (Å²) < 4.78 is 4.92. The Morgan fingerprint density at radius 3 is 2.70 bits per heavy atom. The standard InChI is InChI=1S/C19H21N3O4S/c1-2-26-18(25)12-7-9-13(10-8-12)20-16(23)11-27-19-21-15-6-4-3-5-14(15)17(24)22-19/h7-10H,2-6,11H2,1H3,(H,20,23)(H,21,22,24). The summed E-state index contributed by atoms with van der Waals surface area (Å²) in [6.45, 7) is 2.06. The Labute approximate surface area is 160 Å². The molecule has 27 heavy (non-hydrogen) atoms. The minimum atomic E-state index is -0.395. The molecule has 0 atom stereocenters. The molecule has 1 aliphatic carbocycles. The van der Waals surface area contributed by atoms with Gasteiger partial charge in [-0.15, -0.1) is 0 Å². The predicted octanol–water partition coefficient (Wildman–Crippen LogP) is 2.56. The van der Waals surface area contributed by atoms with Gasteiger partial charge in [-0.3, -0.25) is 9.59 Å². The molecule has 0 unspecified atom stereocenters. The monoisotopic (exact) mass is 387 g/mol. The molecule has 0 aliphatic heterocycles. The van der Waals surface area contributed by atoms with Crippen molar-refractivity contribution in [1.29, 1.82) is 0 Å². The number of aromatic nitrogens is 2. The van der Waals surface area contributed by atoms with Gasteiger partial charge in [-0.25, -0.2) is 9.78 Å². The summed E-state index contributed by atoms with van der Waals surface area (Å²) in [5.41, 5.74) is 2.54. The van der Waals surface area contributed by atoms with E-state index < -0.39 is 5.97 Å². The van der Waals surface area contributed by atoms with Crippen molar-refractivity contribution < 1.29 is 14.3 Å². The fourth-order valence-electron chi connectivity index (χ4n) is 2.88. The van der Waals surface area contributed by atoms with Crippen molar-refractivity contribution in [2.24, 2.45) is 0 Å². The Kier molecular flexibility index (Phi) is 6.28. The van der Waals surface area contributed by atoms with Crippen LogP contribution in [0.4, 0.5) is 5.69 Å². The number of anilines is 1. The second-order valence-electron chi connectivity index (χ2n) is 6.14. The first-order chi connectivity index (χ1) is 13.1. The number of fused-ring (bicyclic) bond motifs is 1. The Bertz CT molecular complexity index is 893. The van der Waals surface area contributed by atoms with Crippen LogP contribution in [-0.4, -0.2) is 34.2 Å². The normalized spacial score (nSPS) is 12.9. The van der Waals surface area contributed by atoms with Crippen molar-refractivity contribution in [1.82, 2.24) is 9.97 Å². The first kappa shape index (κ1) is 19.2. The van der Waals surface area contributed by atoms with Gasteiger partial charge < -0.3 is 15.0 Å². The lowest BCUT2D eigenvalue weighted by molar-refractivity contribution is -0.113. The van der Waals surface area contributed by atoms with Crippen LogP contribution in [0.2, 0.25) is 0 Å². The number of nitrogens with zero attached hydrogens (tertiary/aromatic N) is 1. The number of aryl methyl sites for hydroxylation is 1. The molecule has 7 nitrogen and oxygen atoms in total. The lowest BCUT2D eigenvalue weighted by Crippen LogP contribution is -2.22. The number of rotatable bonds is 6. The number of H-pyrrole nitrogens is 1. The summed E-state index contributed by atoms with van der Waals surface area (Å²) in [5.74, 6) is -0.487. The maximum Gasteiger partial charge on any atom is 0.338 e. The summed E-state index contributed by atoms with van der Waals surface area (Å²) in [6, 6.07) is 6.49. The highest BCUT2D eigenvalue weighted by Crippen LogP contribution is 2.19. The number of thioether (sulfide) groups is 1. The van der Waals surface area contributed by atoms with Crippen LogP contribution in [-0.2, 0) is 22.4 Å². The van der Waals surface area contributed by atoms with Gasteiger partial charge >= 0.3 is 5.97 Å². The number of carbonyl (C=O) groups excluding carboxylic acids is 2. The van der Waals surface area contributed by atoms with Crippen molar-refractivity contribution in [3.05, 3.63) is 51.4 Å². The Morgan fingerprint density at radius 1 is 1.22 bits per heavy atom. The number of hydrogen-bond acceptors (Lipinski definition) is 6. The summed E-state index contributed by atoms with van der Waals surface area (Å²) in [7, 11) is 0. The summed E-state index contributed by atoms with van der Waals surface area (Å²) in [6.07, 6.45) is 3.63. The second-order valence-corrected chi connectivity index (χ2v) is 7.10. The zero-order valence-corrected chi connectivity index (χ0v) is 15.9. The molecule has 8 heteroatoms. The van der Waals surface area contributed by atoms with E-state index in [1.165, 1.54) is 11.8 Å². The Morgan fingerprint density at radius 2 is 1.96 bits per heavy atom. The first-order valence-corrected chi connectivity index (χ1v) is 9.87. The minimum Gasteiger partial charge on any atom is -0.462 e.